The largest absolute Gasteiger partial charge is 0.465 e. The van der Waals surface area contributed by atoms with Gasteiger partial charge in [0.2, 0.25) is 0 Å². The number of carbonyl (C=O) groups is 1. The van der Waals surface area contributed by atoms with Crippen molar-refractivity contribution in [2.75, 3.05) is 29.7 Å². The third-order valence-corrected chi connectivity index (χ3v) is 4.67. The number of carbonyl (C=O) groups excluding carboxylic acids is 1. The molecule has 0 aromatic heterocycles. The molecule has 0 spiro atoms. The minimum atomic E-state index is -0.769. The van der Waals surface area contributed by atoms with Gasteiger partial charge in [-0.1, -0.05) is 0 Å². The van der Waals surface area contributed by atoms with Gasteiger partial charge in [-0.3, -0.25) is 4.21 Å². The molecule has 0 saturated carbocycles. The molecule has 0 aliphatic carbocycles. The van der Waals surface area contributed by atoms with Crippen LogP contribution in [0, 0.1) is 5.82 Å². The molecule has 3 N–H and O–H groups in total. The Morgan fingerprint density at radius 1 is 1.45 bits per heavy atom. The lowest BCUT2D eigenvalue weighted by atomic mass is 10.1. The van der Waals surface area contributed by atoms with Crippen molar-refractivity contribution in [3.05, 3.63) is 23.5 Å². The number of ether oxygens (including phenoxy) is 1. The lowest BCUT2D eigenvalue weighted by molar-refractivity contribution is 0.0602. The van der Waals surface area contributed by atoms with Gasteiger partial charge in [0.05, 0.1) is 18.4 Å². The number of hydrogen-bond acceptors (Lipinski definition) is 5. The summed E-state index contributed by atoms with van der Waals surface area (Å²) >= 11 is 0. The highest BCUT2D eigenvalue weighted by Gasteiger charge is 2.20. The first-order valence-corrected chi connectivity index (χ1v) is 7.79. The number of hydrogen-bond donors (Lipinski definition) is 2. The Morgan fingerprint density at radius 2 is 2.10 bits per heavy atom. The Hall–Kier alpha value is -1.63. The average molecular weight is 300 g/mol. The summed E-state index contributed by atoms with van der Waals surface area (Å²) in [4.78, 5) is 11.5. The van der Waals surface area contributed by atoms with Crippen LogP contribution in [0.1, 0.15) is 23.2 Å². The van der Waals surface area contributed by atoms with Crippen LogP contribution >= 0.6 is 0 Å². The molecule has 0 unspecified atom stereocenters. The van der Waals surface area contributed by atoms with Gasteiger partial charge in [-0.25, -0.2) is 9.18 Å². The Kier molecular flexibility index (Phi) is 4.59. The molecule has 7 heteroatoms. The SMILES string of the molecule is COC(=O)c1cc(NC2CCS(=O)CC2)c(F)cc1N. The van der Waals surface area contributed by atoms with Gasteiger partial charge in [-0.05, 0) is 25.0 Å². The van der Waals surface area contributed by atoms with E-state index in [1.165, 1.54) is 13.2 Å². The summed E-state index contributed by atoms with van der Waals surface area (Å²) < 4.78 is 29.8. The smallest absolute Gasteiger partial charge is 0.340 e. The number of anilines is 2. The molecule has 0 radical (unpaired) electrons. The fraction of sp³-hybridized carbons (Fsp3) is 0.462. The summed E-state index contributed by atoms with van der Waals surface area (Å²) in [7, 11) is 0.476. The summed E-state index contributed by atoms with van der Waals surface area (Å²) in [5.74, 6) is 0.105. The zero-order valence-electron chi connectivity index (χ0n) is 11.1. The number of nitrogens with two attached hydrogens (primary N) is 1. The second kappa shape index (κ2) is 6.21. The van der Waals surface area contributed by atoms with Gasteiger partial charge in [-0.15, -0.1) is 0 Å². The third-order valence-electron chi connectivity index (χ3n) is 3.29. The highest BCUT2D eigenvalue weighted by molar-refractivity contribution is 7.85. The van der Waals surface area contributed by atoms with E-state index in [0.29, 0.717) is 24.3 Å². The minimum absolute atomic E-state index is 0.0460. The molecule has 1 aromatic carbocycles. The van der Waals surface area contributed by atoms with Crippen molar-refractivity contribution < 1.29 is 18.1 Å². The minimum Gasteiger partial charge on any atom is -0.465 e. The maximum absolute atomic E-state index is 13.9. The van der Waals surface area contributed by atoms with Crippen LogP contribution in [0.2, 0.25) is 0 Å². The summed E-state index contributed by atoms with van der Waals surface area (Å²) in [6.07, 6.45) is 1.42. The molecule has 1 aromatic rings. The summed E-state index contributed by atoms with van der Waals surface area (Å²) in [5.41, 5.74) is 6.01. The lowest BCUT2D eigenvalue weighted by Gasteiger charge is -2.24. The zero-order valence-corrected chi connectivity index (χ0v) is 12.0. The number of nitrogen functional groups attached to an aromatic ring is 1. The van der Waals surface area contributed by atoms with E-state index in [1.807, 2.05) is 0 Å². The molecule has 1 aliphatic rings. The number of benzene rings is 1. The summed E-state index contributed by atoms with van der Waals surface area (Å²) in [6, 6.07) is 2.52. The van der Waals surface area contributed by atoms with Gasteiger partial charge in [0.25, 0.3) is 0 Å². The number of halogens is 1. The molecule has 20 heavy (non-hydrogen) atoms. The molecule has 0 atom stereocenters. The van der Waals surface area contributed by atoms with Gasteiger partial charge >= 0.3 is 5.97 Å². The molecule has 0 amide bonds. The molecule has 0 bridgehead atoms. The van der Waals surface area contributed by atoms with E-state index in [4.69, 9.17) is 5.73 Å². The fourth-order valence-corrected chi connectivity index (χ4v) is 3.44. The molecule has 1 saturated heterocycles. The van der Waals surface area contributed by atoms with Crippen LogP contribution in [-0.2, 0) is 15.5 Å². The van der Waals surface area contributed by atoms with Crippen molar-refractivity contribution in [3.8, 4) is 0 Å². The summed E-state index contributed by atoms with van der Waals surface area (Å²) in [6.45, 7) is 0. The van der Waals surface area contributed by atoms with Crippen LogP contribution in [0.3, 0.4) is 0 Å². The number of esters is 1. The Morgan fingerprint density at radius 3 is 2.70 bits per heavy atom. The highest BCUT2D eigenvalue weighted by Crippen LogP contribution is 2.25. The zero-order chi connectivity index (χ0) is 14.7. The molecule has 1 aliphatic heterocycles. The van der Waals surface area contributed by atoms with E-state index in [0.717, 1.165) is 6.07 Å². The van der Waals surface area contributed by atoms with E-state index in [1.54, 1.807) is 0 Å². The Bertz CT molecular complexity index is 541. The van der Waals surface area contributed by atoms with Gasteiger partial charge in [0.15, 0.2) is 0 Å². The van der Waals surface area contributed by atoms with Crippen LogP contribution < -0.4 is 11.1 Å². The van der Waals surface area contributed by atoms with Gasteiger partial charge in [-0.2, -0.15) is 0 Å². The topological polar surface area (TPSA) is 81.4 Å². The number of methoxy groups -OCH3 is 1. The highest BCUT2D eigenvalue weighted by atomic mass is 32.2. The van der Waals surface area contributed by atoms with Crippen LogP contribution in [0.5, 0.6) is 0 Å². The van der Waals surface area contributed by atoms with Crippen LogP contribution in [0.25, 0.3) is 0 Å². The molecule has 1 heterocycles. The maximum atomic E-state index is 13.9. The molecular formula is C13H17FN2O3S. The Balaban J connectivity index is 2.18. The van der Waals surface area contributed by atoms with Crippen molar-refractivity contribution in [1.29, 1.82) is 0 Å². The van der Waals surface area contributed by atoms with E-state index < -0.39 is 22.6 Å². The first-order valence-electron chi connectivity index (χ1n) is 6.30. The molecule has 5 nitrogen and oxygen atoms in total. The molecule has 110 valence electrons. The number of nitrogens with one attached hydrogen (secondary N) is 1. The first-order chi connectivity index (χ1) is 9.51. The number of rotatable bonds is 3. The van der Waals surface area contributed by atoms with Crippen LogP contribution in [0.15, 0.2) is 12.1 Å². The first kappa shape index (κ1) is 14.8. The van der Waals surface area contributed by atoms with Gasteiger partial charge in [0, 0.05) is 34.0 Å². The maximum Gasteiger partial charge on any atom is 0.340 e. The standard InChI is InChI=1S/C13H17FN2O3S/c1-19-13(17)9-6-12(10(14)7-11(9)15)16-8-2-4-20(18)5-3-8/h6-8,16H,2-5,15H2,1H3. The second-order valence-corrected chi connectivity index (χ2v) is 6.37. The monoisotopic (exact) mass is 300 g/mol. The summed E-state index contributed by atoms with van der Waals surface area (Å²) in [5, 5.41) is 3.04. The lowest BCUT2D eigenvalue weighted by Crippen LogP contribution is -2.29. The fourth-order valence-electron chi connectivity index (χ4n) is 2.14. The molecular weight excluding hydrogens is 283 g/mol. The van der Waals surface area contributed by atoms with E-state index in [-0.39, 0.29) is 23.0 Å². The van der Waals surface area contributed by atoms with Crippen molar-refractivity contribution in [2.24, 2.45) is 0 Å². The van der Waals surface area contributed by atoms with Crippen molar-refractivity contribution in [3.63, 3.8) is 0 Å². The van der Waals surface area contributed by atoms with Gasteiger partial charge in [0.1, 0.15) is 5.82 Å². The van der Waals surface area contributed by atoms with Crippen molar-refractivity contribution >= 4 is 28.1 Å². The van der Waals surface area contributed by atoms with E-state index >= 15 is 0 Å². The van der Waals surface area contributed by atoms with Gasteiger partial charge < -0.3 is 15.8 Å². The predicted molar refractivity (Wildman–Crippen MR) is 76.7 cm³/mol. The second-order valence-electron chi connectivity index (χ2n) is 4.68. The van der Waals surface area contributed by atoms with E-state index in [9.17, 15) is 13.4 Å². The average Bonchev–Trinajstić information content (AvgIpc) is 2.43. The molecule has 1 fully saturated rings. The third kappa shape index (κ3) is 3.27. The quantitative estimate of drug-likeness (QED) is 0.653. The normalized spacial score (nSPS) is 22.3. The van der Waals surface area contributed by atoms with Crippen LogP contribution in [0.4, 0.5) is 15.8 Å². The van der Waals surface area contributed by atoms with Crippen molar-refractivity contribution in [2.45, 2.75) is 18.9 Å². The van der Waals surface area contributed by atoms with E-state index in [2.05, 4.69) is 10.1 Å². The molecule has 2 rings (SSSR count). The predicted octanol–water partition coefficient (Wildman–Crippen LogP) is 1.52. The Labute approximate surface area is 119 Å². The van der Waals surface area contributed by atoms with Crippen LogP contribution in [-0.4, -0.2) is 34.8 Å². The van der Waals surface area contributed by atoms with Crippen molar-refractivity contribution in [1.82, 2.24) is 0 Å².